The maximum atomic E-state index is 9.87. The molecule has 76 valence electrons. The smallest absolute Gasteiger partial charge is 0.187 e. The number of epoxide rings is 1. The van der Waals surface area contributed by atoms with Gasteiger partial charge in [-0.15, -0.1) is 0 Å². The SMILES string of the molecule is COC1C(O)C(C(C)C)OC2OC21. The van der Waals surface area contributed by atoms with E-state index in [2.05, 4.69) is 0 Å². The Morgan fingerprint density at radius 3 is 2.54 bits per heavy atom. The monoisotopic (exact) mass is 188 g/mol. The standard InChI is InChI=1S/C9H16O4/c1-4(2)6-5(10)7(11-3)8-9(12-6)13-8/h4-10H,1-3H3. The van der Waals surface area contributed by atoms with Gasteiger partial charge in [-0.05, 0) is 5.92 Å². The Morgan fingerprint density at radius 1 is 1.31 bits per heavy atom. The fourth-order valence-electron chi connectivity index (χ4n) is 1.89. The molecule has 0 spiro atoms. The van der Waals surface area contributed by atoms with Gasteiger partial charge in [0.15, 0.2) is 6.29 Å². The number of fused-ring (bicyclic) bond motifs is 1. The highest BCUT2D eigenvalue weighted by Gasteiger charge is 2.57. The van der Waals surface area contributed by atoms with Crippen molar-refractivity contribution in [3.63, 3.8) is 0 Å². The summed E-state index contributed by atoms with van der Waals surface area (Å²) >= 11 is 0. The first-order chi connectivity index (χ1) is 6.15. The zero-order valence-corrected chi connectivity index (χ0v) is 8.14. The van der Waals surface area contributed by atoms with E-state index in [0.717, 1.165) is 0 Å². The minimum absolute atomic E-state index is 0.0602. The van der Waals surface area contributed by atoms with Crippen LogP contribution in [0.1, 0.15) is 13.8 Å². The van der Waals surface area contributed by atoms with Crippen molar-refractivity contribution in [2.45, 2.75) is 44.6 Å². The fourth-order valence-corrected chi connectivity index (χ4v) is 1.89. The van der Waals surface area contributed by atoms with Crippen molar-refractivity contribution >= 4 is 0 Å². The lowest BCUT2D eigenvalue weighted by Crippen LogP contribution is -2.50. The molecule has 0 saturated carbocycles. The number of hydrogen-bond donors (Lipinski definition) is 1. The van der Waals surface area contributed by atoms with E-state index in [1.165, 1.54) is 0 Å². The topological polar surface area (TPSA) is 51.2 Å². The molecule has 2 rings (SSSR count). The van der Waals surface area contributed by atoms with Gasteiger partial charge in [0.2, 0.25) is 0 Å². The Balaban J connectivity index is 2.06. The lowest BCUT2D eigenvalue weighted by Gasteiger charge is -2.33. The molecule has 1 N–H and O–H groups in total. The van der Waals surface area contributed by atoms with Crippen LogP contribution in [-0.4, -0.2) is 42.9 Å². The molecule has 0 bridgehead atoms. The second-order valence-corrected chi connectivity index (χ2v) is 4.00. The van der Waals surface area contributed by atoms with Gasteiger partial charge in [0.1, 0.15) is 18.3 Å². The van der Waals surface area contributed by atoms with E-state index in [0.29, 0.717) is 0 Å². The van der Waals surface area contributed by atoms with E-state index < -0.39 is 6.10 Å². The van der Waals surface area contributed by atoms with Crippen LogP contribution in [0.4, 0.5) is 0 Å². The van der Waals surface area contributed by atoms with Crippen LogP contribution in [0.25, 0.3) is 0 Å². The van der Waals surface area contributed by atoms with Crippen LogP contribution in [0.5, 0.6) is 0 Å². The van der Waals surface area contributed by atoms with E-state index in [4.69, 9.17) is 14.2 Å². The third-order valence-electron chi connectivity index (χ3n) is 2.70. The molecule has 2 heterocycles. The van der Waals surface area contributed by atoms with Gasteiger partial charge in [-0.2, -0.15) is 0 Å². The van der Waals surface area contributed by atoms with Crippen LogP contribution in [0.3, 0.4) is 0 Å². The summed E-state index contributed by atoms with van der Waals surface area (Å²) in [4.78, 5) is 0. The number of methoxy groups -OCH3 is 1. The van der Waals surface area contributed by atoms with Crippen molar-refractivity contribution in [3.8, 4) is 0 Å². The van der Waals surface area contributed by atoms with Crippen molar-refractivity contribution in [1.29, 1.82) is 0 Å². The van der Waals surface area contributed by atoms with Gasteiger partial charge in [0, 0.05) is 7.11 Å². The molecule has 2 saturated heterocycles. The number of rotatable bonds is 2. The molecule has 2 fully saturated rings. The van der Waals surface area contributed by atoms with Crippen LogP contribution in [-0.2, 0) is 14.2 Å². The lowest BCUT2D eigenvalue weighted by atomic mass is 9.94. The van der Waals surface area contributed by atoms with E-state index in [1.54, 1.807) is 7.11 Å². The maximum absolute atomic E-state index is 9.87. The summed E-state index contributed by atoms with van der Waals surface area (Å²) in [5.74, 6) is 0.276. The third kappa shape index (κ3) is 1.48. The van der Waals surface area contributed by atoms with E-state index in [1.807, 2.05) is 13.8 Å². The predicted molar refractivity (Wildman–Crippen MR) is 45.2 cm³/mol. The first kappa shape index (κ1) is 9.40. The van der Waals surface area contributed by atoms with Gasteiger partial charge < -0.3 is 19.3 Å². The van der Waals surface area contributed by atoms with Gasteiger partial charge in [-0.1, -0.05) is 13.8 Å². The summed E-state index contributed by atoms with van der Waals surface area (Å²) in [6, 6.07) is 0. The van der Waals surface area contributed by atoms with Crippen molar-refractivity contribution < 1.29 is 19.3 Å². The Hall–Kier alpha value is -0.160. The summed E-state index contributed by atoms with van der Waals surface area (Å²) in [5, 5.41) is 9.87. The minimum atomic E-state index is -0.575. The Kier molecular flexibility index (Phi) is 2.32. The number of hydrogen-bond acceptors (Lipinski definition) is 4. The summed E-state index contributed by atoms with van der Waals surface area (Å²) in [6.07, 6.45) is -1.19. The van der Waals surface area contributed by atoms with Crippen LogP contribution in [0, 0.1) is 5.92 Å². The summed E-state index contributed by atoms with van der Waals surface area (Å²) in [7, 11) is 1.59. The fraction of sp³-hybridized carbons (Fsp3) is 1.00. The molecule has 2 aliphatic rings. The molecular weight excluding hydrogens is 172 g/mol. The van der Waals surface area contributed by atoms with Gasteiger partial charge in [0.05, 0.1) is 6.10 Å². The number of aliphatic hydroxyl groups is 1. The predicted octanol–water partition coefficient (Wildman–Crippen LogP) is 0.142. The van der Waals surface area contributed by atoms with E-state index >= 15 is 0 Å². The Morgan fingerprint density at radius 2 is 2.00 bits per heavy atom. The third-order valence-corrected chi connectivity index (χ3v) is 2.70. The Labute approximate surface area is 77.8 Å². The molecule has 4 heteroatoms. The zero-order valence-electron chi connectivity index (χ0n) is 8.14. The summed E-state index contributed by atoms with van der Waals surface area (Å²) in [5.41, 5.74) is 0. The van der Waals surface area contributed by atoms with Crippen LogP contribution >= 0.6 is 0 Å². The Bertz CT molecular complexity index is 194. The van der Waals surface area contributed by atoms with Gasteiger partial charge in [-0.25, -0.2) is 0 Å². The zero-order chi connectivity index (χ0) is 9.59. The number of ether oxygens (including phenoxy) is 3. The molecule has 5 unspecified atom stereocenters. The highest BCUT2D eigenvalue weighted by molar-refractivity contribution is 4.98. The van der Waals surface area contributed by atoms with Crippen molar-refractivity contribution in [2.75, 3.05) is 7.11 Å². The second-order valence-electron chi connectivity index (χ2n) is 4.00. The van der Waals surface area contributed by atoms with Gasteiger partial charge in [-0.3, -0.25) is 0 Å². The molecule has 4 nitrogen and oxygen atoms in total. The molecule has 0 radical (unpaired) electrons. The number of aliphatic hydroxyl groups excluding tert-OH is 1. The average molecular weight is 188 g/mol. The molecule has 2 aliphatic heterocycles. The normalized spacial score (nSPS) is 49.2. The molecule has 0 amide bonds. The van der Waals surface area contributed by atoms with E-state index in [-0.39, 0.29) is 30.5 Å². The van der Waals surface area contributed by atoms with Crippen LogP contribution < -0.4 is 0 Å². The van der Waals surface area contributed by atoms with Crippen molar-refractivity contribution in [2.24, 2.45) is 5.92 Å². The molecule has 0 aromatic rings. The van der Waals surface area contributed by atoms with Gasteiger partial charge in [0.25, 0.3) is 0 Å². The maximum Gasteiger partial charge on any atom is 0.187 e. The van der Waals surface area contributed by atoms with Crippen molar-refractivity contribution in [3.05, 3.63) is 0 Å². The highest BCUT2D eigenvalue weighted by Crippen LogP contribution is 2.38. The quantitative estimate of drug-likeness (QED) is 0.626. The second kappa shape index (κ2) is 3.20. The molecule has 0 aromatic carbocycles. The average Bonchev–Trinajstić information content (AvgIpc) is 2.81. The molecule has 13 heavy (non-hydrogen) atoms. The van der Waals surface area contributed by atoms with Crippen molar-refractivity contribution in [1.82, 2.24) is 0 Å². The molecule has 5 atom stereocenters. The van der Waals surface area contributed by atoms with Gasteiger partial charge >= 0.3 is 0 Å². The first-order valence-electron chi connectivity index (χ1n) is 4.67. The minimum Gasteiger partial charge on any atom is -0.388 e. The molecular formula is C9H16O4. The molecule has 0 aliphatic carbocycles. The van der Waals surface area contributed by atoms with Crippen LogP contribution in [0.2, 0.25) is 0 Å². The largest absolute Gasteiger partial charge is 0.388 e. The van der Waals surface area contributed by atoms with Crippen LogP contribution in [0.15, 0.2) is 0 Å². The summed E-state index contributed by atoms with van der Waals surface area (Å²) in [6.45, 7) is 4.03. The van der Waals surface area contributed by atoms with E-state index in [9.17, 15) is 5.11 Å². The lowest BCUT2D eigenvalue weighted by molar-refractivity contribution is -0.153. The first-order valence-corrected chi connectivity index (χ1v) is 4.67. The highest BCUT2D eigenvalue weighted by atomic mass is 16.8. The molecule has 0 aromatic heterocycles. The summed E-state index contributed by atoms with van der Waals surface area (Å²) < 4.78 is 15.9.